The number of aryl methyl sites for hydroxylation is 4. The number of para-hydroxylation sites is 3. The summed E-state index contributed by atoms with van der Waals surface area (Å²) < 4.78 is 15.5. The van der Waals surface area contributed by atoms with Crippen LogP contribution in [0.4, 0.5) is 16.2 Å². The summed E-state index contributed by atoms with van der Waals surface area (Å²) in [4.78, 5) is 92.5. The van der Waals surface area contributed by atoms with E-state index in [9.17, 15) is 38.4 Å². The summed E-state index contributed by atoms with van der Waals surface area (Å²) >= 11 is 0. The first kappa shape index (κ1) is 79.7. The molecule has 1 aromatic heterocycles. The second-order valence-electron chi connectivity index (χ2n) is 21.5. The molecule has 0 radical (unpaired) electrons. The highest BCUT2D eigenvalue weighted by molar-refractivity contribution is 6.07. The van der Waals surface area contributed by atoms with Crippen LogP contribution in [0, 0.1) is 33.6 Å². The number of aliphatic carboxylic acids is 1. The van der Waals surface area contributed by atoms with E-state index in [-0.39, 0.29) is 68.3 Å². The first-order valence-electron chi connectivity index (χ1n) is 28.1. The molecule has 0 spiro atoms. The number of nitrogens with zero attached hydrogens (tertiary/aromatic N) is 1. The number of fused-ring (bicyclic) bond motifs is 1. The summed E-state index contributed by atoms with van der Waals surface area (Å²) in [5.41, 5.74) is 24.1. The van der Waals surface area contributed by atoms with Gasteiger partial charge in [0.2, 0.25) is 0 Å². The maximum atomic E-state index is 13.0. The number of hydrogen-bond donors (Lipinski definition) is 7. The molecule has 0 saturated heterocycles. The Balaban J connectivity index is 0.00000114. The second kappa shape index (κ2) is 39.5. The van der Waals surface area contributed by atoms with Crippen LogP contribution in [0.25, 0.3) is 16.5 Å². The van der Waals surface area contributed by atoms with E-state index < -0.39 is 35.8 Å². The van der Waals surface area contributed by atoms with Crippen LogP contribution in [0.5, 0.6) is 0 Å². The van der Waals surface area contributed by atoms with Crippen molar-refractivity contribution in [3.63, 3.8) is 0 Å². The van der Waals surface area contributed by atoms with Crippen molar-refractivity contribution in [1.82, 2.24) is 9.88 Å². The van der Waals surface area contributed by atoms with E-state index in [1.165, 1.54) is 21.1 Å². The van der Waals surface area contributed by atoms with E-state index in [1.807, 2.05) is 168 Å². The number of anilines is 2. The number of nitrogens with two attached hydrogens (primary N) is 3. The third-order valence-electron chi connectivity index (χ3n) is 12.3. The lowest BCUT2D eigenvalue weighted by Gasteiger charge is -2.21. The number of hydrogen-bond acceptors (Lipinski definition) is 14. The Morgan fingerprint density at radius 3 is 1.37 bits per heavy atom. The molecule has 7 rings (SSSR count). The molecule has 0 bridgehead atoms. The highest BCUT2D eigenvalue weighted by atomic mass is 16.6. The summed E-state index contributed by atoms with van der Waals surface area (Å²) in [6, 6.07) is 45.3. The van der Waals surface area contributed by atoms with E-state index in [0.29, 0.717) is 16.8 Å². The quantitative estimate of drug-likeness (QED) is 0.0417. The number of methoxy groups -OCH3 is 2. The number of carbonyl (C=O) groups excluding carboxylic acids is 6. The predicted octanol–water partition coefficient (Wildman–Crippen LogP) is 12.2. The molecule has 0 fully saturated rings. The van der Waals surface area contributed by atoms with Crippen molar-refractivity contribution in [1.29, 1.82) is 0 Å². The molecule has 3 amide bonds. The van der Waals surface area contributed by atoms with Gasteiger partial charge in [-0.25, -0.2) is 4.79 Å². The van der Waals surface area contributed by atoms with Crippen LogP contribution in [-0.2, 0) is 39.8 Å². The number of pyridine rings is 1. The van der Waals surface area contributed by atoms with E-state index in [1.54, 1.807) is 71.2 Å². The highest BCUT2D eigenvalue weighted by Gasteiger charge is 2.24. The summed E-state index contributed by atoms with van der Waals surface area (Å²) in [7, 11) is 2.70. The van der Waals surface area contributed by atoms with Gasteiger partial charge in [0, 0.05) is 46.3 Å². The van der Waals surface area contributed by atoms with Gasteiger partial charge in [-0.1, -0.05) is 138 Å². The second-order valence-corrected chi connectivity index (χ2v) is 21.5. The summed E-state index contributed by atoms with van der Waals surface area (Å²) in [6.45, 7) is 23.0. The van der Waals surface area contributed by atoms with E-state index >= 15 is 0 Å². The lowest BCUT2D eigenvalue weighted by molar-refractivity contribution is -0.144. The molecule has 0 aliphatic rings. The van der Waals surface area contributed by atoms with Crippen molar-refractivity contribution in [2.45, 2.75) is 141 Å². The summed E-state index contributed by atoms with van der Waals surface area (Å²) in [6.07, 6.45) is -0.624. The molecule has 4 atom stereocenters. The van der Waals surface area contributed by atoms with Crippen molar-refractivity contribution >= 4 is 63.7 Å². The fourth-order valence-corrected chi connectivity index (χ4v) is 7.87. The standard InChI is InChI=1S/C23H28N2O4.C18H18N2O.C15H15NO.C5H10O2.C4H9NO2.C3H7NO2.2CH4/c1-15-10-9-11-17(20(15)21(27)25-18-12-7-6-8-13-18)14-19(26)16(2)24-22(28)29-23(3,4)5;1-12-7-6-8-14-11-16(13(2)19)20(18(21)17(12)14)15-9-4-3-5-10-15;1-11-7-6-8-12(2)14(11)15(17)16-13-9-4-3-5-10-13;1-4(2)5(6)7-3;1-3(5)4(6)7-2;1-2(4)3(5)6;;/h6-13,16H,14H2,1-5H3,(H,24,28)(H,25,27);3-11,13H,19H2,1-2H3;3-10H,1-2H3,(H,16,17);4H,1-3H3;3H,5H2,1-2H3;2H,4H2,1H3,(H,5,6);2*1H4/t;13-;;;3-;2-;;/m.0..00../s1. The van der Waals surface area contributed by atoms with Crippen LogP contribution >= 0.6 is 0 Å². The number of alkyl carbamates (subject to hydrolysis) is 1. The van der Waals surface area contributed by atoms with Crippen LogP contribution in [-0.4, -0.2) is 89.2 Å². The Morgan fingerprint density at radius 1 is 0.562 bits per heavy atom. The van der Waals surface area contributed by atoms with Gasteiger partial charge in [-0.05, 0) is 152 Å². The number of benzene rings is 6. The monoisotopic (exact) mass is 1230 g/mol. The molecule has 19 heteroatoms. The number of carbonyl (C=O) groups is 7. The Labute approximate surface area is 525 Å². The number of nitrogens with one attached hydrogen (secondary N) is 3. The molecule has 0 aliphatic heterocycles. The third-order valence-corrected chi connectivity index (χ3v) is 12.3. The smallest absolute Gasteiger partial charge is 0.408 e. The number of rotatable bonds is 13. The molecule has 7 aromatic rings. The molecule has 482 valence electrons. The van der Waals surface area contributed by atoms with E-state index in [2.05, 4.69) is 25.4 Å². The molecule has 1 unspecified atom stereocenters. The number of aromatic nitrogens is 1. The zero-order chi connectivity index (χ0) is 65.7. The molecular formula is C70H95N7O12. The number of ether oxygens (including phenoxy) is 3. The number of ketones is 1. The zero-order valence-corrected chi connectivity index (χ0v) is 52.6. The topological polar surface area (TPSA) is 304 Å². The van der Waals surface area contributed by atoms with Crippen LogP contribution < -0.4 is 38.7 Å². The van der Waals surface area contributed by atoms with Gasteiger partial charge in [0.15, 0.2) is 5.78 Å². The molecule has 1 heterocycles. The van der Waals surface area contributed by atoms with Crippen LogP contribution in [0.2, 0.25) is 0 Å². The van der Waals surface area contributed by atoms with Crippen LogP contribution in [0.3, 0.4) is 0 Å². The van der Waals surface area contributed by atoms with Crippen molar-refractivity contribution in [2.75, 3.05) is 24.9 Å². The summed E-state index contributed by atoms with van der Waals surface area (Å²) in [5.74, 6) is -2.02. The molecule has 6 aromatic carbocycles. The first-order chi connectivity index (χ1) is 40.8. The molecule has 10 N–H and O–H groups in total. The lowest BCUT2D eigenvalue weighted by atomic mass is 9.95. The van der Waals surface area contributed by atoms with Crippen molar-refractivity contribution in [3.05, 3.63) is 207 Å². The van der Waals surface area contributed by atoms with Crippen LogP contribution in [0.15, 0.2) is 156 Å². The maximum Gasteiger partial charge on any atom is 0.408 e. The lowest BCUT2D eigenvalue weighted by Crippen LogP contribution is -2.42. The van der Waals surface area contributed by atoms with Gasteiger partial charge in [-0.3, -0.25) is 38.1 Å². The largest absolute Gasteiger partial charge is 0.480 e. The van der Waals surface area contributed by atoms with Crippen LogP contribution in [0.1, 0.15) is 137 Å². The number of carboxylic acids is 1. The Kier molecular flexibility index (Phi) is 35.4. The van der Waals surface area contributed by atoms with E-state index in [4.69, 9.17) is 27.0 Å². The number of carboxylic acid groups (broad SMARTS) is 1. The minimum atomic E-state index is -0.963. The van der Waals surface area contributed by atoms with Gasteiger partial charge >= 0.3 is 24.0 Å². The molecule has 0 aliphatic carbocycles. The van der Waals surface area contributed by atoms with E-state index in [0.717, 1.165) is 55.7 Å². The Bertz CT molecular complexity index is 3390. The third kappa shape index (κ3) is 27.5. The molecule has 19 nitrogen and oxygen atoms in total. The van der Waals surface area contributed by atoms with Crippen molar-refractivity contribution in [2.24, 2.45) is 23.1 Å². The van der Waals surface area contributed by atoms with Gasteiger partial charge in [-0.15, -0.1) is 0 Å². The molecule has 89 heavy (non-hydrogen) atoms. The Hall–Kier alpha value is -9.30. The van der Waals surface area contributed by atoms with Gasteiger partial charge < -0.3 is 52.5 Å². The minimum absolute atomic E-state index is 0. The number of esters is 2. The van der Waals surface area contributed by atoms with Gasteiger partial charge in [0.1, 0.15) is 17.7 Å². The number of amides is 3. The summed E-state index contributed by atoms with van der Waals surface area (Å²) in [5, 5.41) is 17.9. The SMILES string of the molecule is C.C.COC(=O)C(C)C.COC(=O)[C@H](C)N.C[C@H](N)C(=O)O.Cc1cccc(C)c1C(=O)Nc1ccccc1.Cc1cccc(CC(=O)C(C)NC(=O)OC(C)(C)C)c1C(=O)Nc1ccccc1.Cc1cccc2cc([C@H](C)N)n(-c3ccccc3)c(=O)c12. The fourth-order valence-electron chi connectivity index (χ4n) is 7.87. The maximum absolute atomic E-state index is 13.0. The van der Waals surface area contributed by atoms with Gasteiger partial charge in [0.25, 0.3) is 17.4 Å². The first-order valence-corrected chi connectivity index (χ1v) is 28.1. The minimum Gasteiger partial charge on any atom is -0.480 e. The molecular weight excluding hydrogens is 1130 g/mol. The van der Waals surface area contributed by atoms with Crippen molar-refractivity contribution < 1.29 is 52.9 Å². The predicted molar refractivity (Wildman–Crippen MR) is 358 cm³/mol. The average Bonchev–Trinajstić information content (AvgIpc) is 1.44. The number of Topliss-reactive ketones (excluding diaryl/α,β-unsaturated/α-hetero) is 1. The van der Waals surface area contributed by atoms with Gasteiger partial charge in [0.05, 0.1) is 31.6 Å². The molecule has 0 saturated carbocycles. The highest BCUT2D eigenvalue weighted by Crippen LogP contribution is 2.23. The Morgan fingerprint density at radius 2 is 0.978 bits per heavy atom. The van der Waals surface area contributed by atoms with Gasteiger partial charge in [-0.2, -0.15) is 0 Å². The average molecular weight is 1230 g/mol. The zero-order valence-electron chi connectivity index (χ0n) is 52.6. The fraction of sp³-hybridized carbons (Fsp3) is 0.343. The normalized spacial score (nSPS) is 11.4. The van der Waals surface area contributed by atoms with Crippen molar-refractivity contribution in [3.8, 4) is 5.69 Å².